The van der Waals surface area contributed by atoms with E-state index in [0.717, 1.165) is 0 Å². The van der Waals surface area contributed by atoms with Gasteiger partial charge in [-0.15, -0.1) is 0 Å². The summed E-state index contributed by atoms with van der Waals surface area (Å²) in [5.74, 6) is 0. The van der Waals surface area contributed by atoms with Gasteiger partial charge in [0.05, 0.1) is 0 Å². The van der Waals surface area contributed by atoms with Crippen LogP contribution in [0.15, 0.2) is 0 Å². The van der Waals surface area contributed by atoms with E-state index >= 15 is 0 Å². The van der Waals surface area contributed by atoms with Gasteiger partial charge in [-0.25, -0.2) is 0 Å². The van der Waals surface area contributed by atoms with Crippen molar-refractivity contribution < 1.29 is 24.4 Å². The van der Waals surface area contributed by atoms with Gasteiger partial charge >= 0.3 is 117 Å². The first-order valence-electron chi connectivity index (χ1n) is 3.78. The molecule has 0 saturated carbocycles. The Kier molecular flexibility index (Phi) is 9.62. The van der Waals surface area contributed by atoms with Gasteiger partial charge in [0.15, 0.2) is 0 Å². The van der Waals surface area contributed by atoms with Gasteiger partial charge in [0.2, 0.25) is 0 Å². The first-order valence-corrected chi connectivity index (χ1v) is 8.13. The molecule has 0 amide bonds. The van der Waals surface area contributed by atoms with Crippen molar-refractivity contribution in [3.05, 3.63) is 0 Å². The first kappa shape index (κ1) is 16.4. The molecule has 0 atom stereocenters. The van der Waals surface area contributed by atoms with E-state index in [1.165, 1.54) is 0 Å². The molecule has 0 spiro atoms. The summed E-state index contributed by atoms with van der Waals surface area (Å²) in [7, 11) is 0. The van der Waals surface area contributed by atoms with Crippen LogP contribution in [0.1, 0.15) is 0 Å². The van der Waals surface area contributed by atoms with E-state index in [-0.39, 0.29) is 15.2 Å². The molecule has 16 heavy (non-hydrogen) atoms. The molecule has 10 heteroatoms. The summed E-state index contributed by atoms with van der Waals surface area (Å²) < 4.78 is 14.9. The third-order valence-electron chi connectivity index (χ3n) is 0.916. The standard InChI is InChI=1S/3C2H4O2S.Sb/c3*3-1-2(4)5;/h3*3H,1H2,(H,4,5);/q;;;+3/p-3. The monoisotopic (exact) mass is 394 g/mol. The number of thiocarbonyl (C=S) groups is 3. The predicted octanol–water partition coefficient (Wildman–Crippen LogP) is -1.02. The molecule has 0 aromatic rings. The number of hydrogen-bond acceptors (Lipinski definition) is 9. The van der Waals surface area contributed by atoms with Gasteiger partial charge in [0, 0.05) is 0 Å². The SMILES string of the molecule is OCC(=S)[O][Sb]([O]C(=S)CO)[O]C(=S)CO. The van der Waals surface area contributed by atoms with Gasteiger partial charge in [-0.1, -0.05) is 0 Å². The van der Waals surface area contributed by atoms with E-state index in [0.29, 0.717) is 0 Å². The fourth-order valence-electron chi connectivity index (χ4n) is 0.392. The van der Waals surface area contributed by atoms with Crippen LogP contribution in [0.5, 0.6) is 0 Å². The molecular weight excluding hydrogens is 386 g/mol. The van der Waals surface area contributed by atoms with Crippen LogP contribution in [-0.2, 0) is 9.05 Å². The molecule has 0 aliphatic carbocycles. The van der Waals surface area contributed by atoms with Crippen molar-refractivity contribution >= 4 is 73.3 Å². The summed E-state index contributed by atoms with van der Waals surface area (Å²) in [5.41, 5.74) is 0. The zero-order valence-corrected chi connectivity index (χ0v) is 12.9. The minimum atomic E-state index is -3.32. The molecule has 0 heterocycles. The molecule has 0 aliphatic rings. The van der Waals surface area contributed by atoms with Crippen molar-refractivity contribution in [3.8, 4) is 0 Å². The number of hydrogen-bond donors (Lipinski definition) is 3. The van der Waals surface area contributed by atoms with Crippen LogP contribution in [0.25, 0.3) is 0 Å². The molecular formula is C6H9O6S3Sb. The van der Waals surface area contributed by atoms with Crippen LogP contribution in [0.4, 0.5) is 0 Å². The average Bonchev–Trinajstić information content (AvgIpc) is 2.28. The maximum atomic E-state index is 8.65. The minimum absolute atomic E-state index is 0.121. The van der Waals surface area contributed by atoms with E-state index in [2.05, 4.69) is 36.7 Å². The van der Waals surface area contributed by atoms with Crippen LogP contribution < -0.4 is 0 Å². The quantitative estimate of drug-likeness (QED) is 0.387. The van der Waals surface area contributed by atoms with Crippen molar-refractivity contribution in [1.29, 1.82) is 0 Å². The Morgan fingerprint density at radius 2 is 1.00 bits per heavy atom. The zero-order chi connectivity index (χ0) is 12.6. The van der Waals surface area contributed by atoms with Gasteiger partial charge in [-0.2, -0.15) is 0 Å². The molecule has 0 aromatic carbocycles. The molecule has 0 radical (unpaired) electrons. The molecule has 0 aromatic heterocycles. The van der Waals surface area contributed by atoms with Gasteiger partial charge in [0.1, 0.15) is 0 Å². The first-order chi connectivity index (χ1) is 7.53. The molecule has 0 bridgehead atoms. The van der Waals surface area contributed by atoms with Crippen molar-refractivity contribution in [1.82, 2.24) is 0 Å². The summed E-state index contributed by atoms with van der Waals surface area (Å²) in [4.78, 5) is 0. The second-order valence-electron chi connectivity index (χ2n) is 2.09. The van der Waals surface area contributed by atoms with Gasteiger partial charge in [-0.05, 0) is 0 Å². The summed E-state index contributed by atoms with van der Waals surface area (Å²) in [6, 6.07) is 0. The molecule has 0 saturated heterocycles. The van der Waals surface area contributed by atoms with E-state index in [4.69, 9.17) is 24.4 Å². The van der Waals surface area contributed by atoms with Crippen molar-refractivity contribution in [2.45, 2.75) is 0 Å². The number of rotatable bonds is 6. The number of aliphatic hydroxyl groups is 3. The van der Waals surface area contributed by atoms with Gasteiger partial charge in [-0.3, -0.25) is 0 Å². The second kappa shape index (κ2) is 9.40. The van der Waals surface area contributed by atoms with E-state index in [1.807, 2.05) is 0 Å². The number of aliphatic hydroxyl groups excluding tert-OH is 3. The molecule has 0 aliphatic heterocycles. The zero-order valence-electron chi connectivity index (χ0n) is 7.86. The Morgan fingerprint density at radius 3 is 1.19 bits per heavy atom. The molecule has 3 N–H and O–H groups in total. The van der Waals surface area contributed by atoms with E-state index in [9.17, 15) is 0 Å². The Balaban J connectivity index is 4.31. The third-order valence-corrected chi connectivity index (χ3v) is 5.82. The average molecular weight is 395 g/mol. The molecule has 6 nitrogen and oxygen atoms in total. The van der Waals surface area contributed by atoms with Crippen molar-refractivity contribution in [2.75, 3.05) is 19.8 Å². The van der Waals surface area contributed by atoms with Gasteiger partial charge in [0.25, 0.3) is 0 Å². The van der Waals surface area contributed by atoms with Crippen LogP contribution in [0.3, 0.4) is 0 Å². The van der Waals surface area contributed by atoms with E-state index < -0.39 is 41.3 Å². The predicted molar refractivity (Wildman–Crippen MR) is 68.1 cm³/mol. The normalized spacial score (nSPS) is 9.75. The van der Waals surface area contributed by atoms with Gasteiger partial charge < -0.3 is 0 Å². The fraction of sp³-hybridized carbons (Fsp3) is 0.500. The summed E-state index contributed by atoms with van der Waals surface area (Å²) >= 11 is 10.5. The maximum absolute atomic E-state index is 8.65. The Morgan fingerprint density at radius 1 is 0.750 bits per heavy atom. The second-order valence-corrected chi connectivity index (χ2v) is 6.29. The van der Waals surface area contributed by atoms with Crippen LogP contribution in [-0.4, -0.2) is 71.8 Å². The van der Waals surface area contributed by atoms with Crippen LogP contribution >= 0.6 is 36.7 Å². The fourth-order valence-corrected chi connectivity index (χ4v) is 3.85. The Hall–Kier alpha value is 0.368. The van der Waals surface area contributed by atoms with E-state index in [1.54, 1.807) is 0 Å². The van der Waals surface area contributed by atoms with Crippen molar-refractivity contribution in [3.63, 3.8) is 0 Å². The Bertz CT molecular complexity index is 230. The van der Waals surface area contributed by atoms with Crippen LogP contribution in [0.2, 0.25) is 0 Å². The summed E-state index contributed by atoms with van der Waals surface area (Å²) in [6.45, 7) is -1.42. The molecule has 0 rings (SSSR count). The van der Waals surface area contributed by atoms with Crippen LogP contribution in [0, 0.1) is 0 Å². The molecule has 92 valence electrons. The molecule has 0 fully saturated rings. The summed E-state index contributed by atoms with van der Waals surface area (Å²) in [5, 5.41) is 25.6. The molecule has 0 unspecified atom stereocenters. The summed E-state index contributed by atoms with van der Waals surface area (Å²) in [6.07, 6.45) is 0. The third kappa shape index (κ3) is 7.61. The topological polar surface area (TPSA) is 88.4 Å². The Labute approximate surface area is 117 Å². The van der Waals surface area contributed by atoms with Crippen molar-refractivity contribution in [2.24, 2.45) is 0 Å².